The number of hydrogen-bond donors (Lipinski definition) is 3. The zero-order chi connectivity index (χ0) is 14.5. The molecule has 0 saturated carbocycles. The third kappa shape index (κ3) is 4.78. The number of rotatable bonds is 7. The van der Waals surface area contributed by atoms with E-state index in [1.807, 2.05) is 0 Å². The Morgan fingerprint density at radius 1 is 1.21 bits per heavy atom. The van der Waals surface area contributed by atoms with Gasteiger partial charge in [-0.05, 0) is 0 Å². The first kappa shape index (κ1) is 15.3. The van der Waals surface area contributed by atoms with Crippen molar-refractivity contribution in [3.8, 4) is 0 Å². The molecule has 0 amide bonds. The number of nitrogens with one attached hydrogen (secondary N) is 1. The Balaban J connectivity index is 2.75. The third-order valence-corrected chi connectivity index (χ3v) is 3.51. The van der Waals surface area contributed by atoms with E-state index < -0.39 is 40.2 Å². The second-order valence-electron chi connectivity index (χ2n) is 3.74. The van der Waals surface area contributed by atoms with Crippen molar-refractivity contribution >= 4 is 21.8 Å². The number of ketones is 1. The van der Waals surface area contributed by atoms with E-state index in [0.29, 0.717) is 0 Å². The average Bonchev–Trinajstić information content (AvgIpc) is 2.36. The molecule has 0 aliphatic carbocycles. The molecular weight excluding hydrogens is 274 g/mol. The third-order valence-electron chi connectivity index (χ3n) is 2.22. The summed E-state index contributed by atoms with van der Waals surface area (Å²) in [4.78, 5) is 22.3. The molecule has 1 aromatic rings. The van der Waals surface area contributed by atoms with Gasteiger partial charge in [0.15, 0.2) is 5.78 Å². The van der Waals surface area contributed by atoms with Gasteiger partial charge in [-0.2, -0.15) is 4.72 Å². The molecular formula is C11H13NO6S. The van der Waals surface area contributed by atoms with Crippen LogP contribution in [0.1, 0.15) is 10.4 Å². The number of aliphatic carboxylic acids is 1. The van der Waals surface area contributed by atoms with Crippen molar-refractivity contribution in [3.63, 3.8) is 0 Å². The minimum absolute atomic E-state index is 0.212. The number of hydrogen-bond acceptors (Lipinski definition) is 5. The van der Waals surface area contributed by atoms with Gasteiger partial charge in [0.1, 0.15) is 11.8 Å². The van der Waals surface area contributed by atoms with Crippen LogP contribution < -0.4 is 4.72 Å². The second-order valence-corrected chi connectivity index (χ2v) is 5.49. The lowest BCUT2D eigenvalue weighted by Gasteiger charge is -2.11. The normalized spacial score (nSPS) is 12.9. The smallest absolute Gasteiger partial charge is 0.324 e. The summed E-state index contributed by atoms with van der Waals surface area (Å²) >= 11 is 0. The molecule has 8 heteroatoms. The summed E-state index contributed by atoms with van der Waals surface area (Å²) in [5.41, 5.74) is 0.212. The topological polar surface area (TPSA) is 121 Å². The van der Waals surface area contributed by atoms with E-state index in [2.05, 4.69) is 0 Å². The molecule has 0 heterocycles. The van der Waals surface area contributed by atoms with Gasteiger partial charge in [-0.25, -0.2) is 8.42 Å². The van der Waals surface area contributed by atoms with Gasteiger partial charge >= 0.3 is 5.97 Å². The zero-order valence-electron chi connectivity index (χ0n) is 9.81. The minimum Gasteiger partial charge on any atom is -0.480 e. The van der Waals surface area contributed by atoms with Crippen LogP contribution in [-0.4, -0.2) is 48.8 Å². The number of aliphatic hydroxyl groups is 1. The molecule has 1 rings (SSSR count). The predicted molar refractivity (Wildman–Crippen MR) is 66.2 cm³/mol. The van der Waals surface area contributed by atoms with Gasteiger partial charge in [0.05, 0.1) is 6.61 Å². The van der Waals surface area contributed by atoms with E-state index >= 15 is 0 Å². The number of sulfonamides is 1. The molecule has 0 fully saturated rings. The number of carbonyl (C=O) groups excluding carboxylic acids is 1. The highest BCUT2D eigenvalue weighted by Gasteiger charge is 2.25. The number of benzene rings is 1. The molecule has 0 aliphatic heterocycles. The summed E-state index contributed by atoms with van der Waals surface area (Å²) in [7, 11) is -4.13. The Morgan fingerprint density at radius 3 is 2.26 bits per heavy atom. The summed E-state index contributed by atoms with van der Waals surface area (Å²) in [6.45, 7) is -0.895. The molecule has 7 nitrogen and oxygen atoms in total. The SMILES string of the molecule is O=C(CS(=O)(=O)N[C@@H](CO)C(=O)O)c1ccccc1. The van der Waals surface area contributed by atoms with Crippen LogP contribution in [-0.2, 0) is 14.8 Å². The van der Waals surface area contributed by atoms with Gasteiger partial charge < -0.3 is 10.2 Å². The molecule has 0 aliphatic rings. The van der Waals surface area contributed by atoms with Gasteiger partial charge in [-0.1, -0.05) is 30.3 Å². The maximum Gasteiger partial charge on any atom is 0.324 e. The van der Waals surface area contributed by atoms with Gasteiger partial charge in [0.2, 0.25) is 10.0 Å². The molecule has 0 bridgehead atoms. The van der Waals surface area contributed by atoms with Gasteiger partial charge in [-0.15, -0.1) is 0 Å². The van der Waals surface area contributed by atoms with E-state index in [1.54, 1.807) is 22.9 Å². The van der Waals surface area contributed by atoms with Crippen LogP contribution in [0.15, 0.2) is 30.3 Å². The fourth-order valence-electron chi connectivity index (χ4n) is 1.30. The summed E-state index contributed by atoms with van der Waals surface area (Å²) in [5.74, 6) is -3.05. The first-order chi connectivity index (χ1) is 8.85. The van der Waals surface area contributed by atoms with Crippen molar-refractivity contribution in [1.29, 1.82) is 0 Å². The molecule has 3 N–H and O–H groups in total. The van der Waals surface area contributed by atoms with Crippen LogP contribution in [0.5, 0.6) is 0 Å². The first-order valence-corrected chi connectivity index (χ1v) is 6.93. The van der Waals surface area contributed by atoms with Crippen molar-refractivity contribution in [3.05, 3.63) is 35.9 Å². The standard InChI is InChI=1S/C11H13NO6S/c13-6-9(11(15)16)12-19(17,18)7-10(14)8-4-2-1-3-5-8/h1-5,9,12-13H,6-7H2,(H,15,16)/t9-/m0/s1. The molecule has 0 unspecified atom stereocenters. The van der Waals surface area contributed by atoms with Crippen LogP contribution >= 0.6 is 0 Å². The maximum atomic E-state index is 11.7. The fraction of sp³-hybridized carbons (Fsp3) is 0.273. The number of carboxylic acids is 1. The van der Waals surface area contributed by atoms with Gasteiger partial charge in [0.25, 0.3) is 0 Å². The van der Waals surface area contributed by atoms with E-state index in [-0.39, 0.29) is 5.56 Å². The highest BCUT2D eigenvalue weighted by molar-refractivity contribution is 7.90. The van der Waals surface area contributed by atoms with Crippen LogP contribution in [0, 0.1) is 0 Å². The monoisotopic (exact) mass is 287 g/mol. The molecule has 0 saturated heterocycles. The number of Topliss-reactive ketones (excluding diaryl/α,β-unsaturated/α-hetero) is 1. The van der Waals surface area contributed by atoms with Crippen molar-refractivity contribution in [1.82, 2.24) is 4.72 Å². The van der Waals surface area contributed by atoms with E-state index in [9.17, 15) is 18.0 Å². The molecule has 19 heavy (non-hydrogen) atoms. The predicted octanol–water partition coefficient (Wildman–Crippen LogP) is -0.766. The lowest BCUT2D eigenvalue weighted by atomic mass is 10.2. The largest absolute Gasteiger partial charge is 0.480 e. The molecule has 0 radical (unpaired) electrons. The van der Waals surface area contributed by atoms with Crippen molar-refractivity contribution in [2.45, 2.75) is 6.04 Å². The van der Waals surface area contributed by atoms with Crippen LogP contribution in [0.4, 0.5) is 0 Å². The molecule has 1 atom stereocenters. The summed E-state index contributed by atoms with van der Waals surface area (Å²) in [6.07, 6.45) is 0. The Kier molecular flexibility index (Phi) is 5.16. The average molecular weight is 287 g/mol. The van der Waals surface area contributed by atoms with Crippen LogP contribution in [0.2, 0.25) is 0 Å². The van der Waals surface area contributed by atoms with E-state index in [1.165, 1.54) is 12.1 Å². The minimum atomic E-state index is -4.13. The van der Waals surface area contributed by atoms with E-state index in [4.69, 9.17) is 10.2 Å². The van der Waals surface area contributed by atoms with E-state index in [0.717, 1.165) is 0 Å². The van der Waals surface area contributed by atoms with Gasteiger partial charge in [0, 0.05) is 5.56 Å². The van der Waals surface area contributed by atoms with Crippen molar-refractivity contribution < 1.29 is 28.2 Å². The lowest BCUT2D eigenvalue weighted by molar-refractivity contribution is -0.139. The first-order valence-electron chi connectivity index (χ1n) is 5.27. The van der Waals surface area contributed by atoms with Gasteiger partial charge in [-0.3, -0.25) is 9.59 Å². The maximum absolute atomic E-state index is 11.7. The van der Waals surface area contributed by atoms with Crippen LogP contribution in [0.25, 0.3) is 0 Å². The summed E-state index contributed by atoms with van der Waals surface area (Å²) in [6, 6.07) is 6.10. The second kappa shape index (κ2) is 6.41. The summed E-state index contributed by atoms with van der Waals surface area (Å²) < 4.78 is 24.9. The highest BCUT2D eigenvalue weighted by atomic mass is 32.2. The summed E-state index contributed by atoms with van der Waals surface area (Å²) in [5, 5.41) is 17.3. The van der Waals surface area contributed by atoms with Crippen LogP contribution in [0.3, 0.4) is 0 Å². The van der Waals surface area contributed by atoms with Crippen molar-refractivity contribution in [2.24, 2.45) is 0 Å². The lowest BCUT2D eigenvalue weighted by Crippen LogP contribution is -2.45. The Morgan fingerprint density at radius 2 is 1.79 bits per heavy atom. The Labute approximate surface area is 109 Å². The zero-order valence-corrected chi connectivity index (χ0v) is 10.6. The molecule has 0 aromatic heterocycles. The molecule has 0 spiro atoms. The number of carbonyl (C=O) groups is 2. The number of aliphatic hydroxyl groups excluding tert-OH is 1. The Bertz CT molecular complexity index is 554. The quantitative estimate of drug-likeness (QED) is 0.566. The molecule has 104 valence electrons. The van der Waals surface area contributed by atoms with Crippen molar-refractivity contribution in [2.75, 3.05) is 12.4 Å². The molecule has 1 aromatic carbocycles. The number of carboxylic acid groups (broad SMARTS) is 1. The highest BCUT2D eigenvalue weighted by Crippen LogP contribution is 2.02. The Hall–Kier alpha value is -1.77. The fourth-order valence-corrected chi connectivity index (χ4v) is 2.51.